The van der Waals surface area contributed by atoms with E-state index in [-0.39, 0.29) is 11.2 Å². The molecule has 0 amide bonds. The molecule has 0 radical (unpaired) electrons. The zero-order valence-electron chi connectivity index (χ0n) is 12.4. The monoisotopic (exact) mass is 268 g/mol. The first-order valence-electron chi connectivity index (χ1n) is 6.72. The van der Waals surface area contributed by atoms with Crippen molar-refractivity contribution in [2.75, 3.05) is 7.11 Å². The molecule has 0 saturated carbocycles. The van der Waals surface area contributed by atoms with Crippen LogP contribution in [0.3, 0.4) is 0 Å². The molecule has 104 valence electrons. The zero-order valence-corrected chi connectivity index (χ0v) is 12.4. The van der Waals surface area contributed by atoms with Gasteiger partial charge in [0.2, 0.25) is 0 Å². The summed E-state index contributed by atoms with van der Waals surface area (Å²) in [5.41, 5.74) is 2.42. The summed E-state index contributed by atoms with van der Waals surface area (Å²) < 4.78 is 5.33. The number of carbonyl (C=O) groups is 1. The van der Waals surface area contributed by atoms with Crippen LogP contribution in [0.25, 0.3) is 0 Å². The minimum Gasteiger partial charge on any atom is -0.496 e. The van der Waals surface area contributed by atoms with Gasteiger partial charge in [-0.25, -0.2) is 0 Å². The Kier molecular flexibility index (Phi) is 3.93. The van der Waals surface area contributed by atoms with E-state index in [2.05, 4.69) is 20.8 Å². The van der Waals surface area contributed by atoms with Gasteiger partial charge in [0, 0.05) is 5.56 Å². The highest BCUT2D eigenvalue weighted by molar-refractivity contribution is 6.10. The molecule has 0 bridgehead atoms. The van der Waals surface area contributed by atoms with Gasteiger partial charge in [-0.1, -0.05) is 57.2 Å². The van der Waals surface area contributed by atoms with Crippen molar-refractivity contribution < 1.29 is 9.53 Å². The lowest BCUT2D eigenvalue weighted by Crippen LogP contribution is -2.13. The largest absolute Gasteiger partial charge is 0.496 e. The first-order valence-corrected chi connectivity index (χ1v) is 6.72. The number of hydrogen-bond acceptors (Lipinski definition) is 2. The predicted octanol–water partition coefficient (Wildman–Crippen LogP) is 4.22. The third-order valence-electron chi connectivity index (χ3n) is 3.35. The number of ketones is 1. The number of rotatable bonds is 3. The fraction of sp³-hybridized carbons (Fsp3) is 0.278. The van der Waals surface area contributed by atoms with Crippen LogP contribution in [0.2, 0.25) is 0 Å². The maximum Gasteiger partial charge on any atom is 0.196 e. The topological polar surface area (TPSA) is 26.3 Å². The Balaban J connectivity index is 2.52. The summed E-state index contributed by atoms with van der Waals surface area (Å²) in [7, 11) is 1.59. The fourth-order valence-electron chi connectivity index (χ4n) is 2.10. The van der Waals surface area contributed by atoms with Gasteiger partial charge >= 0.3 is 0 Å². The van der Waals surface area contributed by atoms with Crippen molar-refractivity contribution in [2.24, 2.45) is 0 Å². The van der Waals surface area contributed by atoms with E-state index in [4.69, 9.17) is 4.74 Å². The van der Waals surface area contributed by atoms with E-state index in [1.165, 1.54) is 0 Å². The van der Waals surface area contributed by atoms with Gasteiger partial charge in [0.05, 0.1) is 12.7 Å². The molecule has 2 nitrogen and oxygen atoms in total. The molecule has 2 aromatic carbocycles. The van der Waals surface area contributed by atoms with E-state index in [0.717, 1.165) is 5.56 Å². The Bertz CT molecular complexity index is 607. The SMILES string of the molecule is COc1ccc(C(C)(C)C)cc1C(=O)c1ccccc1. The van der Waals surface area contributed by atoms with Crippen LogP contribution in [0, 0.1) is 0 Å². The highest BCUT2D eigenvalue weighted by atomic mass is 16.5. The summed E-state index contributed by atoms with van der Waals surface area (Å²) in [4.78, 5) is 12.6. The molecule has 0 aliphatic heterocycles. The molecule has 0 spiro atoms. The predicted molar refractivity (Wildman–Crippen MR) is 81.6 cm³/mol. The van der Waals surface area contributed by atoms with Crippen LogP contribution in [0.1, 0.15) is 42.3 Å². The molecule has 0 N–H and O–H groups in total. The van der Waals surface area contributed by atoms with Gasteiger partial charge < -0.3 is 4.74 Å². The first kappa shape index (κ1) is 14.3. The maximum atomic E-state index is 12.6. The summed E-state index contributed by atoms with van der Waals surface area (Å²) in [5.74, 6) is 0.611. The van der Waals surface area contributed by atoms with Gasteiger partial charge in [-0.15, -0.1) is 0 Å². The first-order chi connectivity index (χ1) is 9.43. The fourth-order valence-corrected chi connectivity index (χ4v) is 2.10. The summed E-state index contributed by atoms with van der Waals surface area (Å²) in [5, 5.41) is 0. The summed E-state index contributed by atoms with van der Waals surface area (Å²) in [6, 6.07) is 15.1. The molecular weight excluding hydrogens is 248 g/mol. The quantitative estimate of drug-likeness (QED) is 0.779. The van der Waals surface area contributed by atoms with E-state index in [1.807, 2.05) is 48.5 Å². The molecule has 0 fully saturated rings. The number of benzene rings is 2. The Hall–Kier alpha value is -2.09. The molecular formula is C18H20O2. The van der Waals surface area contributed by atoms with Crippen molar-refractivity contribution in [1.29, 1.82) is 0 Å². The maximum absolute atomic E-state index is 12.6. The average Bonchev–Trinajstić information content (AvgIpc) is 2.45. The summed E-state index contributed by atoms with van der Waals surface area (Å²) >= 11 is 0. The lowest BCUT2D eigenvalue weighted by Gasteiger charge is -2.20. The van der Waals surface area contributed by atoms with Crippen molar-refractivity contribution in [1.82, 2.24) is 0 Å². The lowest BCUT2D eigenvalue weighted by atomic mass is 9.85. The zero-order chi connectivity index (χ0) is 14.8. The Morgan fingerprint density at radius 2 is 1.65 bits per heavy atom. The number of ether oxygens (including phenoxy) is 1. The molecule has 2 heteroatoms. The van der Waals surface area contributed by atoms with Gasteiger partial charge in [-0.2, -0.15) is 0 Å². The van der Waals surface area contributed by atoms with Crippen LogP contribution in [0.15, 0.2) is 48.5 Å². The minimum atomic E-state index is -0.00597. The van der Waals surface area contributed by atoms with Crippen LogP contribution in [-0.4, -0.2) is 12.9 Å². The van der Waals surface area contributed by atoms with E-state index in [1.54, 1.807) is 7.11 Å². The van der Waals surface area contributed by atoms with Crippen molar-refractivity contribution in [3.05, 3.63) is 65.2 Å². The molecule has 0 aliphatic carbocycles. The van der Waals surface area contributed by atoms with Crippen LogP contribution < -0.4 is 4.74 Å². The van der Waals surface area contributed by atoms with E-state index in [9.17, 15) is 4.79 Å². The van der Waals surface area contributed by atoms with Gasteiger partial charge in [0.15, 0.2) is 5.78 Å². The molecule has 0 atom stereocenters. The highest BCUT2D eigenvalue weighted by Gasteiger charge is 2.19. The molecule has 0 aromatic heterocycles. The summed E-state index contributed by atoms with van der Waals surface area (Å²) in [6.07, 6.45) is 0. The van der Waals surface area contributed by atoms with Crippen LogP contribution in [0.4, 0.5) is 0 Å². The second kappa shape index (κ2) is 5.49. The molecule has 2 rings (SSSR count). The Morgan fingerprint density at radius 1 is 1.00 bits per heavy atom. The number of hydrogen-bond donors (Lipinski definition) is 0. The van der Waals surface area contributed by atoms with Crippen molar-refractivity contribution in [3.8, 4) is 5.75 Å². The average molecular weight is 268 g/mol. The number of methoxy groups -OCH3 is 1. The molecule has 0 saturated heterocycles. The van der Waals surface area contributed by atoms with Gasteiger partial charge in [0.1, 0.15) is 5.75 Å². The molecule has 0 aliphatic rings. The van der Waals surface area contributed by atoms with E-state index in [0.29, 0.717) is 16.9 Å². The summed E-state index contributed by atoms with van der Waals surface area (Å²) in [6.45, 7) is 6.39. The van der Waals surface area contributed by atoms with Gasteiger partial charge in [-0.3, -0.25) is 4.79 Å². The Labute approximate surface area is 120 Å². The van der Waals surface area contributed by atoms with E-state index < -0.39 is 0 Å². The van der Waals surface area contributed by atoms with Crippen molar-refractivity contribution >= 4 is 5.78 Å². The number of carbonyl (C=O) groups excluding carboxylic acids is 1. The smallest absolute Gasteiger partial charge is 0.196 e. The van der Waals surface area contributed by atoms with Crippen LogP contribution in [-0.2, 0) is 5.41 Å². The van der Waals surface area contributed by atoms with Crippen LogP contribution in [0.5, 0.6) is 5.75 Å². The lowest BCUT2D eigenvalue weighted by molar-refractivity contribution is 0.103. The van der Waals surface area contributed by atoms with Gasteiger partial charge in [-0.05, 0) is 23.1 Å². The third kappa shape index (κ3) is 2.90. The standard InChI is InChI=1S/C18H20O2/c1-18(2,3)14-10-11-16(20-4)15(12-14)17(19)13-8-6-5-7-9-13/h5-12H,1-4H3. The van der Waals surface area contributed by atoms with Crippen molar-refractivity contribution in [2.45, 2.75) is 26.2 Å². The second-order valence-electron chi connectivity index (χ2n) is 5.86. The third-order valence-corrected chi connectivity index (χ3v) is 3.35. The van der Waals surface area contributed by atoms with E-state index >= 15 is 0 Å². The van der Waals surface area contributed by atoms with Crippen molar-refractivity contribution in [3.63, 3.8) is 0 Å². The second-order valence-corrected chi connectivity index (χ2v) is 5.86. The molecule has 0 heterocycles. The molecule has 20 heavy (non-hydrogen) atoms. The highest BCUT2D eigenvalue weighted by Crippen LogP contribution is 2.29. The van der Waals surface area contributed by atoms with Gasteiger partial charge in [0.25, 0.3) is 0 Å². The molecule has 0 unspecified atom stereocenters. The van der Waals surface area contributed by atoms with Crippen LogP contribution >= 0.6 is 0 Å². The minimum absolute atomic E-state index is 0.00199. The Morgan fingerprint density at radius 3 is 2.20 bits per heavy atom. The molecule has 2 aromatic rings. The normalized spacial score (nSPS) is 11.2.